The van der Waals surface area contributed by atoms with Crippen LogP contribution in [0.15, 0.2) is 42.5 Å². The maximum atomic E-state index is 12.1. The maximum absolute atomic E-state index is 12.1. The van der Waals surface area contributed by atoms with Crippen molar-refractivity contribution in [3.05, 3.63) is 63.7 Å². The fourth-order valence-corrected chi connectivity index (χ4v) is 2.60. The number of hydrogen-bond acceptors (Lipinski definition) is 8. The van der Waals surface area contributed by atoms with E-state index in [4.69, 9.17) is 14.2 Å². The Morgan fingerprint density at radius 3 is 2.60 bits per heavy atom. The molecule has 11 nitrogen and oxygen atoms in total. The lowest BCUT2D eigenvalue weighted by Gasteiger charge is -2.25. The van der Waals surface area contributed by atoms with E-state index in [-0.39, 0.29) is 23.4 Å². The van der Waals surface area contributed by atoms with Gasteiger partial charge in [-0.1, -0.05) is 12.1 Å². The Labute approximate surface area is 170 Å². The summed E-state index contributed by atoms with van der Waals surface area (Å²) in [4.78, 5) is 46.1. The van der Waals surface area contributed by atoms with Crippen LogP contribution in [0.5, 0.6) is 11.5 Å². The number of hydrazine groups is 1. The van der Waals surface area contributed by atoms with E-state index in [9.17, 15) is 24.5 Å². The summed E-state index contributed by atoms with van der Waals surface area (Å²) in [5, 5.41) is 10.8. The van der Waals surface area contributed by atoms with Crippen LogP contribution in [-0.2, 0) is 14.3 Å². The molecule has 1 atom stereocenters. The average molecular weight is 415 g/mol. The molecule has 2 aromatic rings. The zero-order valence-corrected chi connectivity index (χ0v) is 15.7. The summed E-state index contributed by atoms with van der Waals surface area (Å²) in [6.45, 7) is 0.778. The first-order valence-corrected chi connectivity index (χ1v) is 8.74. The van der Waals surface area contributed by atoms with Gasteiger partial charge in [0.2, 0.25) is 6.10 Å². The van der Waals surface area contributed by atoms with Gasteiger partial charge >= 0.3 is 5.97 Å². The molecule has 1 aliphatic rings. The second-order valence-electron chi connectivity index (χ2n) is 6.24. The Balaban J connectivity index is 1.45. The van der Waals surface area contributed by atoms with Gasteiger partial charge in [-0.25, -0.2) is 4.79 Å². The van der Waals surface area contributed by atoms with Crippen LogP contribution in [0.25, 0.3) is 0 Å². The van der Waals surface area contributed by atoms with Gasteiger partial charge in [0.25, 0.3) is 17.5 Å². The average Bonchev–Trinajstić information content (AvgIpc) is 2.75. The van der Waals surface area contributed by atoms with Crippen LogP contribution in [0.4, 0.5) is 5.69 Å². The fourth-order valence-electron chi connectivity index (χ4n) is 2.60. The van der Waals surface area contributed by atoms with Gasteiger partial charge in [0.15, 0.2) is 18.1 Å². The molecule has 0 aliphatic carbocycles. The van der Waals surface area contributed by atoms with E-state index in [1.807, 2.05) is 0 Å². The first-order chi connectivity index (χ1) is 14.3. The Morgan fingerprint density at radius 1 is 1.17 bits per heavy atom. The number of esters is 1. The van der Waals surface area contributed by atoms with E-state index in [2.05, 4.69) is 10.9 Å². The van der Waals surface area contributed by atoms with Gasteiger partial charge in [-0.15, -0.1) is 0 Å². The maximum Gasteiger partial charge on any atom is 0.338 e. The summed E-state index contributed by atoms with van der Waals surface area (Å²) < 4.78 is 15.8. The van der Waals surface area contributed by atoms with Gasteiger partial charge in [-0.2, -0.15) is 0 Å². The summed E-state index contributed by atoms with van der Waals surface area (Å²) in [6.07, 6.45) is -0.967. The molecule has 1 aliphatic heterocycles. The molecule has 156 valence electrons. The topological polar surface area (TPSA) is 146 Å². The van der Waals surface area contributed by atoms with Crippen LogP contribution in [0.2, 0.25) is 0 Å². The minimum absolute atomic E-state index is 0.0345. The highest BCUT2D eigenvalue weighted by Crippen LogP contribution is 2.30. The van der Waals surface area contributed by atoms with Gasteiger partial charge in [0.05, 0.1) is 10.5 Å². The van der Waals surface area contributed by atoms with Crippen LogP contribution >= 0.6 is 0 Å². The second-order valence-corrected chi connectivity index (χ2v) is 6.24. The van der Waals surface area contributed by atoms with Gasteiger partial charge < -0.3 is 14.2 Å². The number of rotatable bonds is 5. The van der Waals surface area contributed by atoms with E-state index in [0.29, 0.717) is 11.5 Å². The number of fused-ring (bicyclic) bond motifs is 1. The van der Waals surface area contributed by atoms with Gasteiger partial charge in [-0.3, -0.25) is 30.6 Å². The summed E-state index contributed by atoms with van der Waals surface area (Å²) >= 11 is 0. The zero-order valence-electron chi connectivity index (χ0n) is 15.7. The third-order valence-electron chi connectivity index (χ3n) is 4.09. The number of para-hydroxylation sites is 2. The van der Waals surface area contributed by atoms with Crippen molar-refractivity contribution in [2.24, 2.45) is 0 Å². The highest BCUT2D eigenvalue weighted by Gasteiger charge is 2.27. The van der Waals surface area contributed by atoms with Crippen molar-refractivity contribution in [2.45, 2.75) is 13.0 Å². The predicted molar refractivity (Wildman–Crippen MR) is 101 cm³/mol. The van der Waals surface area contributed by atoms with E-state index >= 15 is 0 Å². The number of nitrogens with zero attached hydrogens (tertiary/aromatic N) is 1. The Morgan fingerprint density at radius 2 is 1.90 bits per heavy atom. The highest BCUT2D eigenvalue weighted by molar-refractivity contribution is 5.92. The summed E-state index contributed by atoms with van der Waals surface area (Å²) in [5.41, 5.74) is 4.47. The molecule has 3 rings (SSSR count). The van der Waals surface area contributed by atoms with Crippen molar-refractivity contribution in [1.29, 1.82) is 0 Å². The third kappa shape index (κ3) is 4.82. The molecule has 0 saturated carbocycles. The lowest BCUT2D eigenvalue weighted by Crippen LogP contribution is -2.51. The number of nitrogens with one attached hydrogen (secondary N) is 2. The molecule has 30 heavy (non-hydrogen) atoms. The van der Waals surface area contributed by atoms with E-state index < -0.39 is 35.4 Å². The van der Waals surface area contributed by atoms with Gasteiger partial charge in [-0.05, 0) is 31.2 Å². The molecule has 0 saturated heterocycles. The largest absolute Gasteiger partial charge is 0.485 e. The lowest BCUT2D eigenvalue weighted by molar-refractivity contribution is -0.385. The number of aryl methyl sites for hydroxylation is 1. The van der Waals surface area contributed by atoms with Crippen molar-refractivity contribution in [3.63, 3.8) is 0 Å². The van der Waals surface area contributed by atoms with E-state index in [1.54, 1.807) is 24.3 Å². The van der Waals surface area contributed by atoms with Crippen LogP contribution in [0, 0.1) is 17.0 Å². The summed E-state index contributed by atoms with van der Waals surface area (Å²) in [6, 6.07) is 10.5. The standard InChI is InChI=1S/C19H17N3O8/c1-11-8-12(6-7-13(11)22(26)27)19(25)29-10-17(23)20-21-18(24)16-9-28-14-4-2-3-5-15(14)30-16/h2-8,16H,9-10H2,1H3,(H,20,23)(H,21,24). The van der Waals surface area contributed by atoms with E-state index in [1.165, 1.54) is 25.1 Å². The quantitative estimate of drug-likeness (QED) is 0.418. The third-order valence-corrected chi connectivity index (χ3v) is 4.09. The lowest BCUT2D eigenvalue weighted by atomic mass is 10.1. The van der Waals surface area contributed by atoms with Crippen molar-refractivity contribution >= 4 is 23.5 Å². The van der Waals surface area contributed by atoms with Gasteiger partial charge in [0.1, 0.15) is 6.61 Å². The molecule has 1 unspecified atom stereocenters. The smallest absolute Gasteiger partial charge is 0.338 e. The van der Waals surface area contributed by atoms with Crippen LogP contribution < -0.4 is 20.3 Å². The Hall–Kier alpha value is -4.15. The number of nitro groups is 1. The van der Waals surface area contributed by atoms with Crippen LogP contribution in [-0.4, -0.2) is 42.0 Å². The highest BCUT2D eigenvalue weighted by atomic mass is 16.6. The van der Waals surface area contributed by atoms with E-state index in [0.717, 1.165) is 0 Å². The molecule has 1 heterocycles. The minimum Gasteiger partial charge on any atom is -0.485 e. The van der Waals surface area contributed by atoms with Crippen molar-refractivity contribution in [1.82, 2.24) is 10.9 Å². The molecule has 0 spiro atoms. The first-order valence-electron chi connectivity index (χ1n) is 8.74. The monoisotopic (exact) mass is 415 g/mol. The molecule has 0 fully saturated rings. The van der Waals surface area contributed by atoms with Crippen molar-refractivity contribution in [2.75, 3.05) is 13.2 Å². The van der Waals surface area contributed by atoms with Crippen LogP contribution in [0.3, 0.4) is 0 Å². The molecule has 2 aromatic carbocycles. The molecule has 2 amide bonds. The number of ether oxygens (including phenoxy) is 3. The molecule has 0 bridgehead atoms. The molecule has 0 aromatic heterocycles. The molecular weight excluding hydrogens is 398 g/mol. The predicted octanol–water partition coefficient (Wildman–Crippen LogP) is 1.05. The second kappa shape index (κ2) is 8.90. The first kappa shape index (κ1) is 20.6. The van der Waals surface area contributed by atoms with Crippen molar-refractivity contribution in [3.8, 4) is 11.5 Å². The SMILES string of the molecule is Cc1cc(C(=O)OCC(=O)NNC(=O)C2COc3ccccc3O2)ccc1[N+](=O)[O-]. The summed E-state index contributed by atoms with van der Waals surface area (Å²) in [5.74, 6) is -1.35. The fraction of sp³-hybridized carbons (Fsp3) is 0.211. The number of carbonyl (C=O) groups excluding carboxylic acids is 3. The zero-order chi connectivity index (χ0) is 21.7. The van der Waals surface area contributed by atoms with Crippen LogP contribution in [0.1, 0.15) is 15.9 Å². The van der Waals surface area contributed by atoms with Crippen molar-refractivity contribution < 1.29 is 33.5 Å². The number of hydrogen-bond donors (Lipinski definition) is 2. The molecule has 2 N–H and O–H groups in total. The molecule has 11 heteroatoms. The number of nitro benzene ring substituents is 1. The Bertz CT molecular complexity index is 1010. The summed E-state index contributed by atoms with van der Waals surface area (Å²) in [7, 11) is 0. The minimum atomic E-state index is -0.967. The number of benzene rings is 2. The van der Waals surface area contributed by atoms with Gasteiger partial charge in [0, 0.05) is 11.6 Å². The number of amides is 2. The Kier molecular flexibility index (Phi) is 6.11. The normalized spacial score (nSPS) is 14.4. The molecule has 0 radical (unpaired) electrons. The molecular formula is C19H17N3O8. The number of carbonyl (C=O) groups is 3.